The molecule has 4 nitrogen and oxygen atoms in total. The summed E-state index contributed by atoms with van der Waals surface area (Å²) in [5, 5.41) is 0. The quantitative estimate of drug-likeness (QED) is 0.616. The summed E-state index contributed by atoms with van der Waals surface area (Å²) in [5.41, 5.74) is 1.15. The van der Waals surface area contributed by atoms with Crippen LogP contribution in [0.5, 0.6) is 5.75 Å². The van der Waals surface area contributed by atoms with E-state index in [2.05, 4.69) is 9.64 Å². The summed E-state index contributed by atoms with van der Waals surface area (Å²) in [6.45, 7) is 1.00. The van der Waals surface area contributed by atoms with E-state index in [0.717, 1.165) is 30.8 Å². The predicted octanol–water partition coefficient (Wildman–Crippen LogP) is 2.39. The fraction of sp³-hybridized carbons (Fsp3) is 0.400. The Kier molecular flexibility index (Phi) is 4.44. The SMILES string of the molecule is COC(=O)/C=C/[C@@H]1CCCN1c1ccc(OC)cc1. The van der Waals surface area contributed by atoms with Gasteiger partial charge in [0.15, 0.2) is 0 Å². The lowest BCUT2D eigenvalue weighted by Crippen LogP contribution is -2.27. The third-order valence-corrected chi connectivity index (χ3v) is 3.36. The van der Waals surface area contributed by atoms with Gasteiger partial charge in [0.05, 0.1) is 14.2 Å². The van der Waals surface area contributed by atoms with Crippen molar-refractivity contribution in [2.45, 2.75) is 18.9 Å². The normalized spacial score (nSPS) is 18.8. The lowest BCUT2D eigenvalue weighted by Gasteiger charge is -2.24. The maximum Gasteiger partial charge on any atom is 0.330 e. The van der Waals surface area contributed by atoms with Gasteiger partial charge >= 0.3 is 5.97 Å². The molecular formula is C15H19NO3. The molecule has 1 atom stereocenters. The molecule has 19 heavy (non-hydrogen) atoms. The number of hydrogen-bond donors (Lipinski definition) is 0. The molecule has 0 N–H and O–H groups in total. The van der Waals surface area contributed by atoms with Crippen molar-refractivity contribution in [3.05, 3.63) is 36.4 Å². The Hall–Kier alpha value is -1.97. The van der Waals surface area contributed by atoms with Crippen LogP contribution in [0, 0.1) is 0 Å². The van der Waals surface area contributed by atoms with Gasteiger partial charge in [0.2, 0.25) is 0 Å². The minimum absolute atomic E-state index is 0.257. The largest absolute Gasteiger partial charge is 0.497 e. The first-order valence-corrected chi connectivity index (χ1v) is 6.41. The molecule has 0 spiro atoms. The van der Waals surface area contributed by atoms with Crippen molar-refractivity contribution in [2.75, 3.05) is 25.7 Å². The Labute approximate surface area is 113 Å². The molecule has 0 unspecified atom stereocenters. The minimum atomic E-state index is -0.304. The minimum Gasteiger partial charge on any atom is -0.497 e. The molecule has 0 amide bonds. The topological polar surface area (TPSA) is 38.8 Å². The standard InChI is InChI=1S/C15H19NO3/c1-18-14-8-5-13(6-9-14)16-11-3-4-12(16)7-10-15(17)19-2/h5-10,12H,3-4,11H2,1-2H3/b10-7+/t12-/m0/s1. The Morgan fingerprint density at radius 1 is 1.32 bits per heavy atom. The number of carbonyl (C=O) groups excluding carboxylic acids is 1. The fourth-order valence-electron chi connectivity index (χ4n) is 2.34. The van der Waals surface area contributed by atoms with Crippen LogP contribution in [-0.4, -0.2) is 32.8 Å². The Morgan fingerprint density at radius 2 is 2.05 bits per heavy atom. The van der Waals surface area contributed by atoms with Gasteiger partial charge in [-0.1, -0.05) is 6.08 Å². The van der Waals surface area contributed by atoms with Crippen molar-refractivity contribution in [1.29, 1.82) is 0 Å². The predicted molar refractivity (Wildman–Crippen MR) is 74.5 cm³/mol. The summed E-state index contributed by atoms with van der Waals surface area (Å²) in [6, 6.07) is 8.25. The van der Waals surface area contributed by atoms with Crippen molar-refractivity contribution < 1.29 is 14.3 Å². The van der Waals surface area contributed by atoms with Crippen LogP contribution in [0.3, 0.4) is 0 Å². The molecule has 1 saturated heterocycles. The van der Waals surface area contributed by atoms with Crippen LogP contribution in [0.25, 0.3) is 0 Å². The van der Waals surface area contributed by atoms with E-state index in [1.807, 2.05) is 30.3 Å². The smallest absolute Gasteiger partial charge is 0.330 e. The lowest BCUT2D eigenvalue weighted by atomic mass is 10.2. The maximum atomic E-state index is 11.2. The highest BCUT2D eigenvalue weighted by atomic mass is 16.5. The molecule has 0 radical (unpaired) electrons. The third-order valence-electron chi connectivity index (χ3n) is 3.36. The number of ether oxygens (including phenoxy) is 2. The summed E-state index contributed by atoms with van der Waals surface area (Å²) in [5.74, 6) is 0.547. The number of methoxy groups -OCH3 is 2. The van der Waals surface area contributed by atoms with E-state index in [9.17, 15) is 4.79 Å². The Bertz CT molecular complexity index is 453. The van der Waals surface area contributed by atoms with Crippen molar-refractivity contribution in [1.82, 2.24) is 0 Å². The molecule has 0 bridgehead atoms. The molecule has 1 aromatic carbocycles. The van der Waals surface area contributed by atoms with Gasteiger partial charge in [-0.15, -0.1) is 0 Å². The van der Waals surface area contributed by atoms with Gasteiger partial charge in [-0.3, -0.25) is 0 Å². The van der Waals surface area contributed by atoms with E-state index >= 15 is 0 Å². The summed E-state index contributed by atoms with van der Waals surface area (Å²) >= 11 is 0. The average molecular weight is 261 g/mol. The Morgan fingerprint density at radius 3 is 2.68 bits per heavy atom. The van der Waals surface area contributed by atoms with Crippen molar-refractivity contribution >= 4 is 11.7 Å². The lowest BCUT2D eigenvalue weighted by molar-refractivity contribution is -0.134. The monoisotopic (exact) mass is 261 g/mol. The summed E-state index contributed by atoms with van der Waals surface area (Å²) in [6.07, 6.45) is 5.61. The molecule has 4 heteroatoms. The van der Waals surface area contributed by atoms with E-state index in [1.54, 1.807) is 7.11 Å². The van der Waals surface area contributed by atoms with Crippen LogP contribution in [0.4, 0.5) is 5.69 Å². The maximum absolute atomic E-state index is 11.2. The number of nitrogens with zero attached hydrogens (tertiary/aromatic N) is 1. The van der Waals surface area contributed by atoms with Crippen LogP contribution in [0.1, 0.15) is 12.8 Å². The second-order valence-corrected chi connectivity index (χ2v) is 4.48. The number of benzene rings is 1. The molecule has 1 fully saturated rings. The first kappa shape index (κ1) is 13.5. The summed E-state index contributed by atoms with van der Waals surface area (Å²) in [4.78, 5) is 13.4. The van der Waals surface area contributed by atoms with Gasteiger partial charge < -0.3 is 14.4 Å². The van der Waals surface area contributed by atoms with Gasteiger partial charge in [0.25, 0.3) is 0 Å². The van der Waals surface area contributed by atoms with Gasteiger partial charge in [0, 0.05) is 24.4 Å². The van der Waals surface area contributed by atoms with Crippen molar-refractivity contribution in [3.8, 4) is 5.75 Å². The number of rotatable bonds is 4. The number of hydrogen-bond acceptors (Lipinski definition) is 4. The van der Waals surface area contributed by atoms with E-state index in [4.69, 9.17) is 4.74 Å². The first-order valence-electron chi connectivity index (χ1n) is 6.41. The molecule has 0 aliphatic carbocycles. The molecule has 1 aliphatic heterocycles. The van der Waals surface area contributed by atoms with Gasteiger partial charge in [0.1, 0.15) is 5.75 Å². The molecule has 2 rings (SSSR count). The number of anilines is 1. The summed E-state index contributed by atoms with van der Waals surface area (Å²) < 4.78 is 9.78. The zero-order valence-electron chi connectivity index (χ0n) is 11.3. The molecular weight excluding hydrogens is 242 g/mol. The van der Waals surface area contributed by atoms with Crippen LogP contribution in [0.15, 0.2) is 36.4 Å². The van der Waals surface area contributed by atoms with Crippen LogP contribution < -0.4 is 9.64 Å². The van der Waals surface area contributed by atoms with Gasteiger partial charge in [-0.2, -0.15) is 0 Å². The van der Waals surface area contributed by atoms with Crippen molar-refractivity contribution in [3.63, 3.8) is 0 Å². The first-order chi connectivity index (χ1) is 9.24. The molecule has 1 aromatic rings. The van der Waals surface area contributed by atoms with Gasteiger partial charge in [-0.05, 0) is 37.1 Å². The average Bonchev–Trinajstić information content (AvgIpc) is 2.93. The highest BCUT2D eigenvalue weighted by Gasteiger charge is 2.22. The summed E-state index contributed by atoms with van der Waals surface area (Å²) in [7, 11) is 3.05. The van der Waals surface area contributed by atoms with Gasteiger partial charge in [-0.25, -0.2) is 4.79 Å². The van der Waals surface area contributed by atoms with Crippen LogP contribution >= 0.6 is 0 Å². The molecule has 1 heterocycles. The molecule has 0 saturated carbocycles. The zero-order valence-corrected chi connectivity index (χ0v) is 11.3. The van der Waals surface area contributed by atoms with E-state index < -0.39 is 0 Å². The fourth-order valence-corrected chi connectivity index (χ4v) is 2.34. The van der Waals surface area contributed by atoms with E-state index in [-0.39, 0.29) is 12.0 Å². The molecule has 1 aliphatic rings. The van der Waals surface area contributed by atoms with Crippen molar-refractivity contribution in [2.24, 2.45) is 0 Å². The highest BCUT2D eigenvalue weighted by molar-refractivity contribution is 5.82. The number of carbonyl (C=O) groups is 1. The van der Waals surface area contributed by atoms with Crippen LogP contribution in [0.2, 0.25) is 0 Å². The van der Waals surface area contributed by atoms with E-state index in [1.165, 1.54) is 13.2 Å². The number of esters is 1. The second-order valence-electron chi connectivity index (χ2n) is 4.48. The van der Waals surface area contributed by atoms with Crippen LogP contribution in [-0.2, 0) is 9.53 Å². The zero-order chi connectivity index (χ0) is 13.7. The Balaban J connectivity index is 2.09. The molecule has 102 valence electrons. The highest BCUT2D eigenvalue weighted by Crippen LogP contribution is 2.27. The molecule has 0 aromatic heterocycles. The second kappa shape index (κ2) is 6.27. The van der Waals surface area contributed by atoms with E-state index in [0.29, 0.717) is 0 Å². The third kappa shape index (κ3) is 3.28.